The van der Waals surface area contributed by atoms with Gasteiger partial charge in [0, 0.05) is 35.9 Å². The number of rotatable bonds is 9. The summed E-state index contributed by atoms with van der Waals surface area (Å²) in [4.78, 5) is 54.2. The molecule has 8 nitrogen and oxygen atoms in total. The SMILES string of the molecule is CCOC(=O)Cn1cc(C(=O)C(=O)N2CCc3ccccc3C2)c2cc(NC(=O)[C@H](CC)c3ccccc3)ccc21. The highest BCUT2D eigenvalue weighted by molar-refractivity contribution is 6.45. The predicted molar refractivity (Wildman–Crippen MR) is 157 cm³/mol. The second kappa shape index (κ2) is 12.2. The molecule has 210 valence electrons. The van der Waals surface area contributed by atoms with Crippen LogP contribution in [0.3, 0.4) is 0 Å². The lowest BCUT2D eigenvalue weighted by Gasteiger charge is -2.28. The Balaban J connectivity index is 1.46. The van der Waals surface area contributed by atoms with E-state index < -0.39 is 17.7 Å². The number of nitrogens with one attached hydrogen (secondary N) is 1. The molecule has 1 N–H and O–H groups in total. The summed E-state index contributed by atoms with van der Waals surface area (Å²) >= 11 is 0. The van der Waals surface area contributed by atoms with Gasteiger partial charge >= 0.3 is 5.97 Å². The summed E-state index contributed by atoms with van der Waals surface area (Å²) in [5.41, 5.74) is 4.39. The molecule has 1 aliphatic heterocycles. The summed E-state index contributed by atoms with van der Waals surface area (Å²) < 4.78 is 6.74. The summed E-state index contributed by atoms with van der Waals surface area (Å²) in [6.45, 7) is 4.61. The predicted octanol–water partition coefficient (Wildman–Crippen LogP) is 5.10. The second-order valence-electron chi connectivity index (χ2n) is 10.1. The molecule has 0 aliphatic carbocycles. The van der Waals surface area contributed by atoms with Crippen molar-refractivity contribution in [3.63, 3.8) is 0 Å². The molecule has 1 atom stereocenters. The minimum Gasteiger partial charge on any atom is -0.465 e. The molecule has 1 aromatic heterocycles. The van der Waals surface area contributed by atoms with Gasteiger partial charge in [0.25, 0.3) is 11.7 Å². The number of hydrogen-bond acceptors (Lipinski definition) is 5. The first-order chi connectivity index (χ1) is 19.9. The fourth-order valence-electron chi connectivity index (χ4n) is 5.45. The third-order valence-corrected chi connectivity index (χ3v) is 7.54. The van der Waals surface area contributed by atoms with Crippen LogP contribution in [0.5, 0.6) is 0 Å². The molecule has 0 spiro atoms. The zero-order valence-corrected chi connectivity index (χ0v) is 23.3. The van der Waals surface area contributed by atoms with Gasteiger partial charge in [0.1, 0.15) is 6.54 Å². The van der Waals surface area contributed by atoms with Crippen LogP contribution in [0.2, 0.25) is 0 Å². The van der Waals surface area contributed by atoms with Gasteiger partial charge in [-0.1, -0.05) is 61.5 Å². The molecule has 8 heteroatoms. The van der Waals surface area contributed by atoms with E-state index in [1.165, 1.54) is 11.8 Å². The third kappa shape index (κ3) is 5.91. The lowest BCUT2D eigenvalue weighted by atomic mass is 9.95. The van der Waals surface area contributed by atoms with Crippen molar-refractivity contribution in [3.05, 3.63) is 101 Å². The standard InChI is InChI=1S/C33H33N3O5/c1-3-26(23-11-6-5-7-12-23)32(39)34-25-14-15-29-27(18-25)28(20-36(29)21-30(37)41-4-2)31(38)33(40)35-17-16-22-10-8-9-13-24(22)19-35/h5-15,18,20,26H,3-4,16-17,19,21H2,1-2H3,(H,34,39)/t26-/m1/s1. The van der Waals surface area contributed by atoms with E-state index in [0.717, 1.165) is 11.1 Å². The smallest absolute Gasteiger partial charge is 0.325 e. The van der Waals surface area contributed by atoms with E-state index in [0.29, 0.717) is 42.5 Å². The van der Waals surface area contributed by atoms with Gasteiger partial charge in [-0.2, -0.15) is 0 Å². The van der Waals surface area contributed by atoms with E-state index in [-0.39, 0.29) is 30.5 Å². The van der Waals surface area contributed by atoms with Crippen LogP contribution in [0, 0.1) is 0 Å². The maximum Gasteiger partial charge on any atom is 0.325 e. The number of hydrogen-bond donors (Lipinski definition) is 1. The summed E-state index contributed by atoms with van der Waals surface area (Å²) in [5, 5.41) is 3.46. The molecular formula is C33H33N3O5. The topological polar surface area (TPSA) is 97.7 Å². The first-order valence-electron chi connectivity index (χ1n) is 13.9. The highest BCUT2D eigenvalue weighted by Crippen LogP contribution is 2.29. The Morgan fingerprint density at radius 1 is 0.927 bits per heavy atom. The number of Topliss-reactive ketones (excluding diaryl/α,β-unsaturated/α-hetero) is 1. The fraction of sp³-hybridized carbons (Fsp3) is 0.273. The van der Waals surface area contributed by atoms with E-state index in [1.807, 2.05) is 61.5 Å². The summed E-state index contributed by atoms with van der Waals surface area (Å²) in [5.74, 6) is -2.21. The number of benzene rings is 3. The van der Waals surface area contributed by atoms with Crippen LogP contribution in [-0.4, -0.2) is 46.2 Å². The lowest BCUT2D eigenvalue weighted by molar-refractivity contribution is -0.143. The molecule has 5 rings (SSSR count). The lowest BCUT2D eigenvalue weighted by Crippen LogP contribution is -2.40. The Kier molecular flexibility index (Phi) is 8.29. The van der Waals surface area contributed by atoms with Gasteiger partial charge < -0.3 is 19.5 Å². The Labute approximate surface area is 238 Å². The average Bonchev–Trinajstić information content (AvgIpc) is 3.34. The number of esters is 1. The number of aromatic nitrogens is 1. The van der Waals surface area contributed by atoms with Gasteiger partial charge in [0.2, 0.25) is 5.91 Å². The molecule has 0 bridgehead atoms. The van der Waals surface area contributed by atoms with Crippen molar-refractivity contribution in [1.82, 2.24) is 9.47 Å². The van der Waals surface area contributed by atoms with E-state index >= 15 is 0 Å². The number of carbonyl (C=O) groups excluding carboxylic acids is 4. The molecule has 41 heavy (non-hydrogen) atoms. The average molecular weight is 552 g/mol. The van der Waals surface area contributed by atoms with E-state index in [9.17, 15) is 19.2 Å². The number of ether oxygens (including phenoxy) is 1. The van der Waals surface area contributed by atoms with Gasteiger partial charge in [-0.05, 0) is 54.7 Å². The van der Waals surface area contributed by atoms with Crippen molar-refractivity contribution in [1.29, 1.82) is 0 Å². The molecule has 3 aromatic carbocycles. The molecule has 0 fully saturated rings. The fourth-order valence-corrected chi connectivity index (χ4v) is 5.45. The Morgan fingerprint density at radius 3 is 2.39 bits per heavy atom. The first-order valence-corrected chi connectivity index (χ1v) is 13.9. The summed E-state index contributed by atoms with van der Waals surface area (Å²) in [6.07, 6.45) is 2.82. The summed E-state index contributed by atoms with van der Waals surface area (Å²) in [7, 11) is 0. The molecule has 0 saturated heterocycles. The number of ketones is 1. The molecule has 0 saturated carbocycles. The van der Waals surface area contributed by atoms with E-state index in [4.69, 9.17) is 4.74 Å². The number of carbonyl (C=O) groups is 4. The number of fused-ring (bicyclic) bond motifs is 2. The zero-order chi connectivity index (χ0) is 28.9. The van der Waals surface area contributed by atoms with Crippen molar-refractivity contribution in [2.24, 2.45) is 0 Å². The Bertz CT molecular complexity index is 1610. The molecule has 2 amide bonds. The number of nitrogens with zero attached hydrogens (tertiary/aromatic N) is 2. The monoisotopic (exact) mass is 551 g/mol. The third-order valence-electron chi connectivity index (χ3n) is 7.54. The van der Waals surface area contributed by atoms with Crippen LogP contribution < -0.4 is 5.32 Å². The van der Waals surface area contributed by atoms with Crippen molar-refractivity contribution in [3.8, 4) is 0 Å². The molecule has 0 radical (unpaired) electrons. The number of amides is 2. The molecule has 1 aliphatic rings. The van der Waals surface area contributed by atoms with Crippen LogP contribution in [-0.2, 0) is 38.6 Å². The molecule has 4 aromatic rings. The maximum atomic E-state index is 13.7. The minimum absolute atomic E-state index is 0.111. The molecule has 0 unspecified atom stereocenters. The maximum absolute atomic E-state index is 13.7. The van der Waals surface area contributed by atoms with Crippen LogP contribution in [0.25, 0.3) is 10.9 Å². The van der Waals surface area contributed by atoms with Crippen LogP contribution in [0.15, 0.2) is 79.0 Å². The number of anilines is 1. The normalized spacial score (nSPS) is 13.4. The highest BCUT2D eigenvalue weighted by Gasteiger charge is 2.29. The Hall–Kier alpha value is -4.72. The van der Waals surface area contributed by atoms with Gasteiger partial charge in [0.15, 0.2) is 0 Å². The van der Waals surface area contributed by atoms with Gasteiger partial charge in [-0.15, -0.1) is 0 Å². The first kappa shape index (κ1) is 27.8. The van der Waals surface area contributed by atoms with Crippen LogP contribution >= 0.6 is 0 Å². The highest BCUT2D eigenvalue weighted by atomic mass is 16.5. The second-order valence-corrected chi connectivity index (χ2v) is 10.1. The zero-order valence-electron chi connectivity index (χ0n) is 23.3. The van der Waals surface area contributed by atoms with Crippen molar-refractivity contribution in [2.45, 2.75) is 45.7 Å². The molecule has 2 heterocycles. The van der Waals surface area contributed by atoms with E-state index in [1.54, 1.807) is 34.6 Å². The van der Waals surface area contributed by atoms with Crippen LogP contribution in [0.1, 0.15) is 53.2 Å². The van der Waals surface area contributed by atoms with Crippen molar-refractivity contribution >= 4 is 40.2 Å². The minimum atomic E-state index is -0.656. The quantitative estimate of drug-likeness (QED) is 0.177. The van der Waals surface area contributed by atoms with Crippen molar-refractivity contribution < 1.29 is 23.9 Å². The summed E-state index contributed by atoms with van der Waals surface area (Å²) in [6, 6.07) is 22.6. The molecular weight excluding hydrogens is 518 g/mol. The van der Waals surface area contributed by atoms with Crippen LogP contribution in [0.4, 0.5) is 5.69 Å². The van der Waals surface area contributed by atoms with Gasteiger partial charge in [-0.3, -0.25) is 19.2 Å². The largest absolute Gasteiger partial charge is 0.465 e. The van der Waals surface area contributed by atoms with Crippen molar-refractivity contribution in [2.75, 3.05) is 18.5 Å². The van der Waals surface area contributed by atoms with E-state index in [2.05, 4.69) is 5.32 Å². The van der Waals surface area contributed by atoms with Gasteiger partial charge in [-0.25, -0.2) is 0 Å². The Morgan fingerprint density at radius 2 is 1.66 bits per heavy atom. The van der Waals surface area contributed by atoms with Gasteiger partial charge in [0.05, 0.1) is 18.1 Å².